The highest BCUT2D eigenvalue weighted by atomic mass is 16.5. The quantitative estimate of drug-likeness (QED) is 0.321. The van der Waals surface area contributed by atoms with E-state index in [0.717, 1.165) is 17.1 Å². The van der Waals surface area contributed by atoms with Crippen LogP contribution in [0.25, 0.3) is 0 Å². The lowest BCUT2D eigenvalue weighted by molar-refractivity contribution is 0.0995. The Bertz CT molecular complexity index is 1270. The molecule has 0 saturated heterocycles. The smallest absolute Gasteiger partial charge is 0.291 e. The molecule has 4 heteroatoms. The van der Waals surface area contributed by atoms with Crippen LogP contribution in [0, 0.1) is 34.6 Å². The van der Waals surface area contributed by atoms with Crippen molar-refractivity contribution in [3.05, 3.63) is 117 Å². The Morgan fingerprint density at radius 1 is 0.765 bits per heavy atom. The van der Waals surface area contributed by atoms with Gasteiger partial charge >= 0.3 is 0 Å². The number of ether oxygens (including phenoxy) is 1. The minimum Gasteiger partial charge on any atom is -0.489 e. The lowest BCUT2D eigenvalue weighted by atomic mass is 9.88. The number of rotatable bonds is 7. The Morgan fingerprint density at radius 3 is 2.03 bits per heavy atom. The standard InChI is InChI=1S/C30H31NO3/c1-19-20(2)22(4)28(23(5)21(19)3)17-27-15-16-29(34-27)30(32)31-25-11-13-26(14-12-25)33-18-24-9-7-6-8-10-24/h6-16H,17-18H2,1-5H3,(H,31,32). The van der Waals surface area contributed by atoms with E-state index in [0.29, 0.717) is 24.5 Å². The molecule has 0 fully saturated rings. The summed E-state index contributed by atoms with van der Waals surface area (Å²) in [7, 11) is 0. The molecule has 0 aliphatic heterocycles. The van der Waals surface area contributed by atoms with Crippen LogP contribution in [0.1, 0.15) is 55.3 Å². The van der Waals surface area contributed by atoms with Gasteiger partial charge in [0.05, 0.1) is 0 Å². The van der Waals surface area contributed by atoms with Crippen molar-refractivity contribution in [3.8, 4) is 5.75 Å². The lowest BCUT2D eigenvalue weighted by Crippen LogP contribution is -2.10. The molecule has 1 heterocycles. The monoisotopic (exact) mass is 453 g/mol. The average Bonchev–Trinajstić information content (AvgIpc) is 3.33. The van der Waals surface area contributed by atoms with Gasteiger partial charge in [-0.25, -0.2) is 0 Å². The van der Waals surface area contributed by atoms with Crippen LogP contribution in [-0.2, 0) is 13.0 Å². The van der Waals surface area contributed by atoms with E-state index in [4.69, 9.17) is 9.15 Å². The van der Waals surface area contributed by atoms with E-state index in [1.165, 1.54) is 33.4 Å². The van der Waals surface area contributed by atoms with E-state index in [9.17, 15) is 4.79 Å². The Morgan fingerprint density at radius 2 is 1.38 bits per heavy atom. The van der Waals surface area contributed by atoms with Crippen LogP contribution in [-0.4, -0.2) is 5.91 Å². The van der Waals surface area contributed by atoms with Gasteiger partial charge in [-0.1, -0.05) is 30.3 Å². The summed E-state index contributed by atoms with van der Waals surface area (Å²) in [4.78, 5) is 12.7. The molecule has 4 rings (SSSR count). The third-order valence-corrected chi connectivity index (χ3v) is 6.75. The third kappa shape index (κ3) is 5.07. The molecule has 4 nitrogen and oxygen atoms in total. The van der Waals surface area contributed by atoms with Gasteiger partial charge in [0.15, 0.2) is 5.76 Å². The van der Waals surface area contributed by atoms with Crippen molar-refractivity contribution in [1.82, 2.24) is 0 Å². The zero-order valence-corrected chi connectivity index (χ0v) is 20.5. The minimum absolute atomic E-state index is 0.270. The summed E-state index contributed by atoms with van der Waals surface area (Å²) in [6.07, 6.45) is 0.667. The zero-order chi connectivity index (χ0) is 24.2. The first-order valence-electron chi connectivity index (χ1n) is 11.6. The second kappa shape index (κ2) is 10.0. The molecule has 0 saturated carbocycles. The normalized spacial score (nSPS) is 10.9. The molecule has 0 aliphatic rings. The summed E-state index contributed by atoms with van der Waals surface area (Å²) >= 11 is 0. The maximum Gasteiger partial charge on any atom is 0.291 e. The summed E-state index contributed by atoms with van der Waals surface area (Å²) in [5.74, 6) is 1.56. The van der Waals surface area contributed by atoms with Crippen molar-refractivity contribution in [2.75, 3.05) is 5.32 Å². The molecule has 3 aromatic carbocycles. The van der Waals surface area contributed by atoms with E-state index < -0.39 is 0 Å². The van der Waals surface area contributed by atoms with Crippen LogP contribution in [0.3, 0.4) is 0 Å². The topological polar surface area (TPSA) is 51.5 Å². The molecule has 4 aromatic rings. The molecule has 0 spiro atoms. The molecule has 174 valence electrons. The zero-order valence-electron chi connectivity index (χ0n) is 20.5. The van der Waals surface area contributed by atoms with Crippen molar-refractivity contribution < 1.29 is 13.9 Å². The Balaban J connectivity index is 1.39. The Kier molecular flexibility index (Phi) is 6.87. The molecule has 0 unspecified atom stereocenters. The molecule has 0 aliphatic carbocycles. The van der Waals surface area contributed by atoms with E-state index in [1.54, 1.807) is 6.07 Å². The fourth-order valence-electron chi connectivity index (χ4n) is 4.18. The van der Waals surface area contributed by atoms with Crippen LogP contribution in [0.4, 0.5) is 5.69 Å². The number of benzene rings is 3. The largest absolute Gasteiger partial charge is 0.489 e. The van der Waals surface area contributed by atoms with E-state index in [-0.39, 0.29) is 5.91 Å². The number of hydrogen-bond acceptors (Lipinski definition) is 3. The number of anilines is 1. The minimum atomic E-state index is -0.270. The van der Waals surface area contributed by atoms with Crippen LogP contribution in [0.15, 0.2) is 71.1 Å². The number of carbonyl (C=O) groups excluding carboxylic acids is 1. The summed E-state index contributed by atoms with van der Waals surface area (Å²) in [5.41, 5.74) is 9.62. The number of nitrogens with one attached hydrogen (secondary N) is 1. The molecular formula is C30H31NO3. The van der Waals surface area contributed by atoms with Gasteiger partial charge in [-0.15, -0.1) is 0 Å². The van der Waals surface area contributed by atoms with Crippen LogP contribution in [0.2, 0.25) is 0 Å². The summed E-state index contributed by atoms with van der Waals surface area (Å²) < 4.78 is 11.7. The maximum absolute atomic E-state index is 12.7. The van der Waals surface area contributed by atoms with Gasteiger partial charge in [0.2, 0.25) is 0 Å². The molecule has 0 bridgehead atoms. The summed E-state index contributed by atoms with van der Waals surface area (Å²) in [6.45, 7) is 11.3. The fourth-order valence-corrected chi connectivity index (χ4v) is 4.18. The maximum atomic E-state index is 12.7. The summed E-state index contributed by atoms with van der Waals surface area (Å²) in [5, 5.41) is 2.90. The SMILES string of the molecule is Cc1c(C)c(C)c(Cc2ccc(C(=O)Nc3ccc(OCc4ccccc4)cc3)o2)c(C)c1C. The van der Waals surface area contributed by atoms with Gasteiger partial charge in [0, 0.05) is 12.1 Å². The van der Waals surface area contributed by atoms with Gasteiger partial charge in [-0.3, -0.25) is 4.79 Å². The highest BCUT2D eigenvalue weighted by Gasteiger charge is 2.16. The molecule has 34 heavy (non-hydrogen) atoms. The van der Waals surface area contributed by atoms with Crippen molar-refractivity contribution >= 4 is 11.6 Å². The van der Waals surface area contributed by atoms with Crippen molar-refractivity contribution in [3.63, 3.8) is 0 Å². The van der Waals surface area contributed by atoms with E-state index in [2.05, 4.69) is 39.9 Å². The first kappa shape index (κ1) is 23.4. The Labute approximate surface area is 201 Å². The Hall–Kier alpha value is -3.79. The van der Waals surface area contributed by atoms with Crippen molar-refractivity contribution in [1.29, 1.82) is 0 Å². The molecule has 0 radical (unpaired) electrons. The summed E-state index contributed by atoms with van der Waals surface area (Å²) in [6, 6.07) is 21.0. The third-order valence-electron chi connectivity index (χ3n) is 6.75. The lowest BCUT2D eigenvalue weighted by Gasteiger charge is -2.18. The van der Waals surface area contributed by atoms with Crippen molar-refractivity contribution in [2.45, 2.75) is 47.6 Å². The number of furan rings is 1. The molecule has 1 amide bonds. The predicted molar refractivity (Wildman–Crippen MR) is 137 cm³/mol. The first-order valence-corrected chi connectivity index (χ1v) is 11.6. The van der Waals surface area contributed by atoms with E-state index in [1.807, 2.05) is 60.7 Å². The number of carbonyl (C=O) groups is 1. The highest BCUT2D eigenvalue weighted by Crippen LogP contribution is 2.28. The average molecular weight is 454 g/mol. The fraction of sp³-hybridized carbons (Fsp3) is 0.233. The molecular weight excluding hydrogens is 422 g/mol. The van der Waals surface area contributed by atoms with Gasteiger partial charge < -0.3 is 14.5 Å². The first-order chi connectivity index (χ1) is 16.3. The van der Waals surface area contributed by atoms with Crippen molar-refractivity contribution in [2.24, 2.45) is 0 Å². The van der Waals surface area contributed by atoms with Gasteiger partial charge in [0.1, 0.15) is 18.1 Å². The van der Waals surface area contributed by atoms with Gasteiger partial charge in [0.25, 0.3) is 5.91 Å². The van der Waals surface area contributed by atoms with Gasteiger partial charge in [-0.2, -0.15) is 0 Å². The second-order valence-electron chi connectivity index (χ2n) is 8.80. The molecule has 0 atom stereocenters. The van der Waals surface area contributed by atoms with Crippen LogP contribution in [0.5, 0.6) is 5.75 Å². The molecule has 1 N–H and O–H groups in total. The van der Waals surface area contributed by atoms with E-state index >= 15 is 0 Å². The van der Waals surface area contributed by atoms with Crippen LogP contribution < -0.4 is 10.1 Å². The second-order valence-corrected chi connectivity index (χ2v) is 8.80. The van der Waals surface area contributed by atoms with Gasteiger partial charge in [-0.05, 0) is 110 Å². The number of hydrogen-bond donors (Lipinski definition) is 1. The highest BCUT2D eigenvalue weighted by molar-refractivity contribution is 6.02. The van der Waals surface area contributed by atoms with Crippen LogP contribution >= 0.6 is 0 Å². The molecule has 1 aromatic heterocycles. The number of amides is 1. The predicted octanol–water partition coefficient (Wildman–Crippen LogP) is 7.24.